The first kappa shape index (κ1) is 35.5. The molecule has 2 rings (SSSR count). The quantitative estimate of drug-likeness (QED) is 0.0609. The highest BCUT2D eigenvalue weighted by atomic mass is 31.2. The minimum Gasteiger partial charge on any atom is -0.480 e. The van der Waals surface area contributed by atoms with Crippen molar-refractivity contribution in [3.63, 3.8) is 0 Å². The summed E-state index contributed by atoms with van der Waals surface area (Å²) in [6.07, 6.45) is 0.436. The van der Waals surface area contributed by atoms with E-state index < -0.39 is 63.5 Å². The summed E-state index contributed by atoms with van der Waals surface area (Å²) in [6.45, 7) is -2.14. The van der Waals surface area contributed by atoms with Gasteiger partial charge in [-0.3, -0.25) is 28.9 Å². The molecule has 0 saturated carbocycles. The van der Waals surface area contributed by atoms with E-state index in [2.05, 4.69) is 10.6 Å². The van der Waals surface area contributed by atoms with Gasteiger partial charge in [0.05, 0.1) is 25.8 Å². The average Bonchev–Trinajstić information content (AvgIpc) is 2.94. The molecule has 0 aromatic heterocycles. The molecule has 43 heavy (non-hydrogen) atoms. The van der Waals surface area contributed by atoms with Crippen molar-refractivity contribution in [1.82, 2.24) is 15.5 Å². The third-order valence-corrected chi connectivity index (χ3v) is 6.93. The van der Waals surface area contributed by atoms with Gasteiger partial charge in [0.25, 0.3) is 0 Å². The molecule has 0 bridgehead atoms. The standard InChI is InChI=1S/C27H35N3O12P/c31-23(32)15-29-22(16-30(17-24(33)34)13-4-12-28-25(26(35)36)27(37)38)18-42-43(39,40)41-14-11-19-7-9-21(10-8-19)20-5-2-1-3-6-20/h1-3,5-10,22,25,28H,4,11-18H2,(H,31,32)(H,33,34)(H,35,36)(H,37,38)(H,39,40). The summed E-state index contributed by atoms with van der Waals surface area (Å²) in [5.74, 6) is -5.69. The molecule has 2 aromatic carbocycles. The van der Waals surface area contributed by atoms with E-state index in [1.807, 2.05) is 54.6 Å². The van der Waals surface area contributed by atoms with Crippen LogP contribution in [0.1, 0.15) is 12.0 Å². The minimum absolute atomic E-state index is 0.0285. The van der Waals surface area contributed by atoms with E-state index in [9.17, 15) is 33.7 Å². The largest absolute Gasteiger partial charge is 0.480 e. The van der Waals surface area contributed by atoms with Crippen LogP contribution in [0.25, 0.3) is 11.1 Å². The number of hydrogen-bond donors (Lipinski definition) is 6. The Labute approximate surface area is 247 Å². The number of nitrogens with zero attached hydrogens (tertiary/aromatic N) is 2. The summed E-state index contributed by atoms with van der Waals surface area (Å²) >= 11 is 0. The van der Waals surface area contributed by atoms with Crippen LogP contribution in [-0.2, 0) is 39.2 Å². The number of benzene rings is 2. The molecule has 2 atom stereocenters. The van der Waals surface area contributed by atoms with Gasteiger partial charge in [-0.2, -0.15) is 0 Å². The molecular weight excluding hydrogens is 589 g/mol. The number of carboxylic acid groups (broad SMARTS) is 4. The van der Waals surface area contributed by atoms with Crippen molar-refractivity contribution in [2.75, 3.05) is 45.9 Å². The number of carbonyl (C=O) groups is 4. The van der Waals surface area contributed by atoms with E-state index in [1.54, 1.807) is 0 Å². The fraction of sp³-hybridized carbons (Fsp3) is 0.407. The van der Waals surface area contributed by atoms with Gasteiger partial charge in [0, 0.05) is 13.1 Å². The van der Waals surface area contributed by atoms with Crippen molar-refractivity contribution in [2.24, 2.45) is 0 Å². The first-order valence-electron chi connectivity index (χ1n) is 13.1. The van der Waals surface area contributed by atoms with Crippen LogP contribution < -0.4 is 10.6 Å². The highest BCUT2D eigenvalue weighted by molar-refractivity contribution is 7.47. The van der Waals surface area contributed by atoms with Crippen molar-refractivity contribution in [2.45, 2.75) is 24.9 Å². The number of nitrogens with one attached hydrogen (secondary N) is 1. The number of rotatable bonds is 22. The number of phosphoric ester groups is 1. The average molecular weight is 625 g/mol. The van der Waals surface area contributed by atoms with Crippen LogP contribution in [0.15, 0.2) is 54.6 Å². The summed E-state index contributed by atoms with van der Waals surface area (Å²) < 4.78 is 22.6. The lowest BCUT2D eigenvalue weighted by molar-refractivity contribution is -0.151. The van der Waals surface area contributed by atoms with Gasteiger partial charge in [0.1, 0.15) is 6.54 Å². The molecule has 6 N–H and O–H groups in total. The zero-order chi connectivity index (χ0) is 31.8. The molecule has 0 spiro atoms. The van der Waals surface area contributed by atoms with E-state index in [-0.39, 0.29) is 32.7 Å². The fourth-order valence-electron chi connectivity index (χ4n) is 3.91. The number of hydrogen-bond acceptors (Lipinski definition) is 9. The van der Waals surface area contributed by atoms with Gasteiger partial charge in [0.2, 0.25) is 6.04 Å². The fourth-order valence-corrected chi connectivity index (χ4v) is 4.67. The molecule has 15 nitrogen and oxygen atoms in total. The van der Waals surface area contributed by atoms with Gasteiger partial charge in [-0.1, -0.05) is 54.6 Å². The van der Waals surface area contributed by atoms with Gasteiger partial charge in [-0.15, -0.1) is 0 Å². The molecule has 2 aromatic rings. The van der Waals surface area contributed by atoms with Crippen LogP contribution in [0.5, 0.6) is 0 Å². The van der Waals surface area contributed by atoms with Gasteiger partial charge in [-0.05, 0) is 36.1 Å². The lowest BCUT2D eigenvalue weighted by atomic mass is 10.0. The summed E-state index contributed by atoms with van der Waals surface area (Å²) in [4.78, 5) is 55.8. The van der Waals surface area contributed by atoms with E-state index in [0.29, 0.717) is 6.42 Å². The Morgan fingerprint density at radius 2 is 1.51 bits per heavy atom. The number of phosphoric acid groups is 1. The van der Waals surface area contributed by atoms with E-state index in [1.165, 1.54) is 4.90 Å². The second-order valence-corrected chi connectivity index (χ2v) is 10.8. The molecule has 1 radical (unpaired) electrons. The summed E-state index contributed by atoms with van der Waals surface area (Å²) in [6, 6.07) is 14.4. The summed E-state index contributed by atoms with van der Waals surface area (Å²) in [7, 11) is -4.58. The smallest absolute Gasteiger partial charge is 0.472 e. The van der Waals surface area contributed by atoms with Crippen LogP contribution in [0.3, 0.4) is 0 Å². The Kier molecular flexibility index (Phi) is 14.9. The monoisotopic (exact) mass is 624 g/mol. The van der Waals surface area contributed by atoms with Crippen molar-refractivity contribution >= 4 is 31.7 Å². The molecule has 0 amide bonds. The second-order valence-electron chi connectivity index (χ2n) is 9.34. The lowest BCUT2D eigenvalue weighted by Crippen LogP contribution is -2.46. The SMILES string of the molecule is O=C(O)C[N]C(COP(=O)(O)OCCc1ccc(-c2ccccc2)cc1)CN(CCCNC(C(=O)O)C(=O)O)CC(=O)O. The van der Waals surface area contributed by atoms with Crippen molar-refractivity contribution < 1.29 is 58.1 Å². The molecular formula is C27H35N3O12P. The summed E-state index contributed by atoms with van der Waals surface area (Å²) in [5, 5.41) is 42.4. The predicted octanol–water partition coefficient (Wildman–Crippen LogP) is 0.991. The number of carboxylic acids is 4. The molecule has 16 heteroatoms. The molecule has 0 heterocycles. The third kappa shape index (κ3) is 14.4. The van der Waals surface area contributed by atoms with Crippen molar-refractivity contribution in [3.8, 4) is 11.1 Å². The zero-order valence-corrected chi connectivity index (χ0v) is 24.0. The number of aliphatic carboxylic acids is 4. The van der Waals surface area contributed by atoms with Crippen molar-refractivity contribution in [1.29, 1.82) is 0 Å². The predicted molar refractivity (Wildman–Crippen MR) is 151 cm³/mol. The van der Waals surface area contributed by atoms with Gasteiger partial charge in [0.15, 0.2) is 0 Å². The highest BCUT2D eigenvalue weighted by Gasteiger charge is 2.27. The molecule has 0 saturated heterocycles. The zero-order valence-electron chi connectivity index (χ0n) is 23.2. The topological polar surface area (TPSA) is 234 Å². The Balaban J connectivity index is 1.90. The first-order valence-corrected chi connectivity index (χ1v) is 14.6. The maximum atomic E-state index is 12.5. The maximum absolute atomic E-state index is 12.5. The van der Waals surface area contributed by atoms with Gasteiger partial charge < -0.3 is 25.3 Å². The summed E-state index contributed by atoms with van der Waals surface area (Å²) in [5.41, 5.74) is 2.91. The van der Waals surface area contributed by atoms with Crippen LogP contribution in [-0.4, -0.2) is 112 Å². The lowest BCUT2D eigenvalue weighted by Gasteiger charge is -2.26. The Morgan fingerprint density at radius 3 is 2.09 bits per heavy atom. The van der Waals surface area contributed by atoms with Gasteiger partial charge >= 0.3 is 31.7 Å². The molecule has 2 unspecified atom stereocenters. The second kappa shape index (κ2) is 18.1. The molecule has 0 aliphatic heterocycles. The van der Waals surface area contributed by atoms with Crippen LogP contribution >= 0.6 is 7.82 Å². The molecule has 0 aliphatic rings. The Bertz CT molecular complexity index is 1230. The third-order valence-electron chi connectivity index (χ3n) is 5.94. The van der Waals surface area contributed by atoms with Crippen LogP contribution in [0.4, 0.5) is 0 Å². The van der Waals surface area contributed by atoms with E-state index in [4.69, 9.17) is 24.4 Å². The normalized spacial score (nSPS) is 13.5. The highest BCUT2D eigenvalue weighted by Crippen LogP contribution is 2.43. The van der Waals surface area contributed by atoms with E-state index in [0.717, 1.165) is 16.7 Å². The van der Waals surface area contributed by atoms with Crippen LogP contribution in [0.2, 0.25) is 0 Å². The first-order chi connectivity index (χ1) is 20.4. The van der Waals surface area contributed by atoms with Crippen LogP contribution in [0, 0.1) is 0 Å². The maximum Gasteiger partial charge on any atom is 0.472 e. The van der Waals surface area contributed by atoms with Crippen molar-refractivity contribution in [3.05, 3.63) is 60.2 Å². The van der Waals surface area contributed by atoms with Gasteiger partial charge in [-0.25, -0.2) is 19.5 Å². The Hall–Kier alpha value is -3.69. The Morgan fingerprint density at radius 1 is 0.884 bits per heavy atom. The molecule has 235 valence electrons. The molecule has 0 aliphatic carbocycles. The molecule has 0 fully saturated rings. The minimum atomic E-state index is -4.58. The van der Waals surface area contributed by atoms with E-state index >= 15 is 0 Å².